The van der Waals surface area contributed by atoms with Crippen LogP contribution >= 0.6 is 11.6 Å². The van der Waals surface area contributed by atoms with Crippen molar-refractivity contribution in [2.75, 3.05) is 44.3 Å². The zero-order chi connectivity index (χ0) is 17.9. The Morgan fingerprint density at radius 1 is 1.00 bits per heavy atom. The van der Waals surface area contributed by atoms with Gasteiger partial charge in [0.25, 0.3) is 5.91 Å². The van der Waals surface area contributed by atoms with Crippen molar-refractivity contribution < 1.29 is 9.53 Å². The number of hydrogen-bond donors (Lipinski definition) is 0. The van der Waals surface area contributed by atoms with Crippen molar-refractivity contribution in [3.05, 3.63) is 64.7 Å². The van der Waals surface area contributed by atoms with Gasteiger partial charge in [-0.3, -0.25) is 4.79 Å². The first-order valence-corrected chi connectivity index (χ1v) is 9.56. The highest BCUT2D eigenvalue weighted by Gasteiger charge is 2.29. The van der Waals surface area contributed by atoms with E-state index < -0.39 is 0 Å². The summed E-state index contributed by atoms with van der Waals surface area (Å²) in [7, 11) is 0. The summed E-state index contributed by atoms with van der Waals surface area (Å²) in [4.78, 5) is 17.1. The predicted molar refractivity (Wildman–Crippen MR) is 104 cm³/mol. The van der Waals surface area contributed by atoms with Crippen LogP contribution in [0.25, 0.3) is 0 Å². The molecule has 5 heteroatoms. The average Bonchev–Trinajstić information content (AvgIpc) is 3.18. The fraction of sp³-hybridized carbons (Fsp3) is 0.381. The Balaban J connectivity index is 1.42. The topological polar surface area (TPSA) is 32.8 Å². The molecule has 26 heavy (non-hydrogen) atoms. The Bertz CT molecular complexity index is 772. The highest BCUT2D eigenvalue weighted by Crippen LogP contribution is 2.32. The number of carbonyl (C=O) groups is 1. The first kappa shape index (κ1) is 17.4. The summed E-state index contributed by atoms with van der Waals surface area (Å²) in [6.45, 7) is 4.83. The molecule has 1 atom stereocenters. The lowest BCUT2D eigenvalue weighted by atomic mass is 9.98. The largest absolute Gasteiger partial charge is 0.378 e. The molecule has 2 aliphatic heterocycles. The number of nitrogens with zero attached hydrogens (tertiary/aromatic N) is 2. The van der Waals surface area contributed by atoms with E-state index in [0.29, 0.717) is 5.92 Å². The van der Waals surface area contributed by atoms with Crippen molar-refractivity contribution >= 4 is 23.2 Å². The summed E-state index contributed by atoms with van der Waals surface area (Å²) < 4.78 is 5.39. The molecule has 0 radical (unpaired) electrons. The van der Waals surface area contributed by atoms with E-state index in [0.717, 1.165) is 67.7 Å². The number of carbonyl (C=O) groups excluding carboxylic acids is 1. The molecule has 0 bridgehead atoms. The van der Waals surface area contributed by atoms with E-state index in [1.807, 2.05) is 47.4 Å². The summed E-state index contributed by atoms with van der Waals surface area (Å²) in [6, 6.07) is 15.9. The van der Waals surface area contributed by atoms with E-state index in [2.05, 4.69) is 11.0 Å². The molecule has 136 valence electrons. The molecule has 0 saturated carbocycles. The van der Waals surface area contributed by atoms with Gasteiger partial charge in [0.1, 0.15) is 0 Å². The Labute approximate surface area is 159 Å². The molecule has 1 unspecified atom stereocenters. The van der Waals surface area contributed by atoms with E-state index in [1.165, 1.54) is 0 Å². The van der Waals surface area contributed by atoms with Crippen LogP contribution in [0.2, 0.25) is 5.02 Å². The predicted octanol–water partition coefficient (Wildman–Crippen LogP) is 3.81. The van der Waals surface area contributed by atoms with Crippen LogP contribution in [0.5, 0.6) is 0 Å². The fourth-order valence-corrected chi connectivity index (χ4v) is 4.11. The Morgan fingerprint density at radius 2 is 1.73 bits per heavy atom. The van der Waals surface area contributed by atoms with Gasteiger partial charge in [-0.25, -0.2) is 0 Å². The number of hydrogen-bond acceptors (Lipinski definition) is 3. The molecule has 2 heterocycles. The van der Waals surface area contributed by atoms with Gasteiger partial charge in [0, 0.05) is 48.4 Å². The molecular weight excluding hydrogens is 348 g/mol. The summed E-state index contributed by atoms with van der Waals surface area (Å²) in [5, 5.41) is 0.793. The van der Waals surface area contributed by atoms with Crippen LogP contribution in [0.3, 0.4) is 0 Å². The van der Waals surface area contributed by atoms with E-state index in [-0.39, 0.29) is 5.91 Å². The highest BCUT2D eigenvalue weighted by atomic mass is 35.5. The SMILES string of the molecule is O=C(c1ccc(N2CCOCC2)cc1)N1CCC(c2ccccc2Cl)C1. The fourth-order valence-electron chi connectivity index (χ4n) is 3.82. The summed E-state index contributed by atoms with van der Waals surface area (Å²) in [5.74, 6) is 0.424. The van der Waals surface area contributed by atoms with Crippen molar-refractivity contribution in [1.82, 2.24) is 4.90 Å². The highest BCUT2D eigenvalue weighted by molar-refractivity contribution is 6.31. The van der Waals surface area contributed by atoms with Crippen LogP contribution < -0.4 is 4.90 Å². The van der Waals surface area contributed by atoms with Crippen molar-refractivity contribution in [3.63, 3.8) is 0 Å². The molecule has 0 aliphatic carbocycles. The Kier molecular flexibility index (Phi) is 5.14. The number of anilines is 1. The van der Waals surface area contributed by atoms with Crippen molar-refractivity contribution in [2.24, 2.45) is 0 Å². The third-order valence-corrected chi connectivity index (χ3v) is 5.66. The number of rotatable bonds is 3. The lowest BCUT2D eigenvalue weighted by molar-refractivity contribution is 0.0790. The Hall–Kier alpha value is -2.04. The van der Waals surface area contributed by atoms with Gasteiger partial charge in [-0.1, -0.05) is 29.8 Å². The van der Waals surface area contributed by atoms with E-state index >= 15 is 0 Å². The van der Waals surface area contributed by atoms with Crippen molar-refractivity contribution in [3.8, 4) is 0 Å². The lowest BCUT2D eigenvalue weighted by Crippen LogP contribution is -2.36. The van der Waals surface area contributed by atoms with Gasteiger partial charge < -0.3 is 14.5 Å². The van der Waals surface area contributed by atoms with Crippen LogP contribution in [0.15, 0.2) is 48.5 Å². The third kappa shape index (κ3) is 3.57. The minimum absolute atomic E-state index is 0.105. The Morgan fingerprint density at radius 3 is 2.46 bits per heavy atom. The van der Waals surface area contributed by atoms with E-state index in [9.17, 15) is 4.79 Å². The van der Waals surface area contributed by atoms with Gasteiger partial charge in [0.2, 0.25) is 0 Å². The zero-order valence-electron chi connectivity index (χ0n) is 14.7. The van der Waals surface area contributed by atoms with Crippen LogP contribution in [-0.2, 0) is 4.74 Å². The second-order valence-corrected chi connectivity index (χ2v) is 7.31. The number of morpholine rings is 1. The van der Waals surface area contributed by atoms with Gasteiger partial charge in [0.15, 0.2) is 0 Å². The minimum atomic E-state index is 0.105. The normalized spacial score (nSPS) is 20.4. The van der Waals surface area contributed by atoms with Crippen LogP contribution in [0.1, 0.15) is 28.3 Å². The third-order valence-electron chi connectivity index (χ3n) is 5.31. The molecule has 4 rings (SSSR count). The maximum absolute atomic E-state index is 12.9. The van der Waals surface area contributed by atoms with Crippen LogP contribution in [0.4, 0.5) is 5.69 Å². The molecule has 2 aromatic rings. The van der Waals surface area contributed by atoms with Crippen LogP contribution in [-0.4, -0.2) is 50.2 Å². The first-order valence-electron chi connectivity index (χ1n) is 9.19. The average molecular weight is 371 g/mol. The second-order valence-electron chi connectivity index (χ2n) is 6.90. The zero-order valence-corrected chi connectivity index (χ0v) is 15.5. The number of likely N-dealkylation sites (tertiary alicyclic amines) is 1. The second kappa shape index (κ2) is 7.68. The van der Waals surface area contributed by atoms with E-state index in [1.54, 1.807) is 0 Å². The lowest BCUT2D eigenvalue weighted by Gasteiger charge is -2.29. The minimum Gasteiger partial charge on any atom is -0.378 e. The first-order chi connectivity index (χ1) is 12.7. The molecule has 2 aliphatic rings. The molecular formula is C21H23ClN2O2. The van der Waals surface area contributed by atoms with E-state index in [4.69, 9.17) is 16.3 Å². The van der Waals surface area contributed by atoms with Crippen molar-refractivity contribution in [2.45, 2.75) is 12.3 Å². The summed E-state index contributed by atoms with van der Waals surface area (Å²) >= 11 is 6.32. The van der Waals surface area contributed by atoms with Gasteiger partial charge in [-0.2, -0.15) is 0 Å². The number of benzene rings is 2. The smallest absolute Gasteiger partial charge is 0.253 e. The number of amides is 1. The van der Waals surface area contributed by atoms with Gasteiger partial charge in [-0.05, 0) is 42.3 Å². The molecule has 0 aromatic heterocycles. The molecule has 4 nitrogen and oxygen atoms in total. The maximum Gasteiger partial charge on any atom is 0.253 e. The van der Waals surface area contributed by atoms with Crippen molar-refractivity contribution in [1.29, 1.82) is 0 Å². The molecule has 2 aromatic carbocycles. The van der Waals surface area contributed by atoms with Gasteiger partial charge >= 0.3 is 0 Å². The molecule has 1 amide bonds. The molecule has 2 saturated heterocycles. The quantitative estimate of drug-likeness (QED) is 0.823. The molecule has 2 fully saturated rings. The van der Waals surface area contributed by atoms with Crippen LogP contribution in [0, 0.1) is 0 Å². The summed E-state index contributed by atoms with van der Waals surface area (Å²) in [6.07, 6.45) is 0.960. The number of ether oxygens (including phenoxy) is 1. The monoisotopic (exact) mass is 370 g/mol. The van der Waals surface area contributed by atoms with Gasteiger partial charge in [-0.15, -0.1) is 0 Å². The number of halogens is 1. The summed E-state index contributed by atoms with van der Waals surface area (Å²) in [5.41, 5.74) is 3.05. The van der Waals surface area contributed by atoms with Gasteiger partial charge in [0.05, 0.1) is 13.2 Å². The maximum atomic E-state index is 12.9. The molecule has 0 N–H and O–H groups in total. The molecule has 0 spiro atoms. The standard InChI is InChI=1S/C21H23ClN2O2/c22-20-4-2-1-3-19(20)17-9-10-24(15-17)21(25)16-5-7-18(8-6-16)23-11-13-26-14-12-23/h1-8,17H,9-15H2.